The molecule has 0 spiro atoms. The Labute approximate surface area is 117 Å². The molecule has 1 fully saturated rings. The Bertz CT molecular complexity index is 414. The van der Waals surface area contributed by atoms with Crippen LogP contribution in [0.1, 0.15) is 33.6 Å². The number of hydrogen-bond acceptors (Lipinski definition) is 6. The van der Waals surface area contributed by atoms with Gasteiger partial charge in [0.15, 0.2) is 0 Å². The van der Waals surface area contributed by atoms with Gasteiger partial charge in [-0.05, 0) is 27.2 Å². The van der Waals surface area contributed by atoms with Crippen molar-refractivity contribution in [2.75, 3.05) is 14.2 Å². The quantitative estimate of drug-likeness (QED) is 0.613. The second kappa shape index (κ2) is 5.68. The lowest BCUT2D eigenvalue weighted by atomic mass is 10.1. The van der Waals surface area contributed by atoms with Gasteiger partial charge in [-0.1, -0.05) is 0 Å². The van der Waals surface area contributed by atoms with Crippen LogP contribution >= 0.6 is 0 Å². The van der Waals surface area contributed by atoms with Crippen molar-refractivity contribution >= 4 is 18.0 Å². The number of methoxy groups -OCH3 is 2. The zero-order valence-electron chi connectivity index (χ0n) is 12.4. The summed E-state index contributed by atoms with van der Waals surface area (Å²) in [5.74, 6) is -1.36. The molecule has 7 nitrogen and oxygen atoms in total. The van der Waals surface area contributed by atoms with E-state index in [1.807, 2.05) is 0 Å². The van der Waals surface area contributed by atoms with Crippen molar-refractivity contribution in [3.63, 3.8) is 0 Å². The SMILES string of the molecule is COC(=O)CC1CC1(NC(=O)OC(C)(C)C)C(=O)OC. The highest BCUT2D eigenvalue weighted by molar-refractivity contribution is 5.90. The maximum atomic E-state index is 11.8. The summed E-state index contributed by atoms with van der Waals surface area (Å²) in [5.41, 5.74) is -1.86. The molecule has 0 aromatic carbocycles. The van der Waals surface area contributed by atoms with E-state index in [-0.39, 0.29) is 12.3 Å². The van der Waals surface area contributed by atoms with Gasteiger partial charge in [0, 0.05) is 5.92 Å². The van der Waals surface area contributed by atoms with Gasteiger partial charge in [0.25, 0.3) is 0 Å². The number of esters is 2. The first-order valence-electron chi connectivity index (χ1n) is 6.31. The normalized spacial score (nSPS) is 24.6. The van der Waals surface area contributed by atoms with Crippen LogP contribution in [0.5, 0.6) is 0 Å². The van der Waals surface area contributed by atoms with Crippen LogP contribution in [0.2, 0.25) is 0 Å². The zero-order valence-corrected chi connectivity index (χ0v) is 12.4. The zero-order chi connectivity index (χ0) is 15.6. The Morgan fingerprint density at radius 2 is 1.80 bits per heavy atom. The molecule has 7 heteroatoms. The van der Waals surface area contributed by atoms with Gasteiger partial charge in [-0.3, -0.25) is 4.79 Å². The standard InChI is InChI=1S/C13H21NO6/c1-12(2,3)20-11(17)14-13(10(16)19-5)7-8(13)6-9(15)18-4/h8H,6-7H2,1-5H3,(H,14,17). The largest absolute Gasteiger partial charge is 0.469 e. The maximum absolute atomic E-state index is 11.8. The summed E-state index contributed by atoms with van der Waals surface area (Å²) in [6.07, 6.45) is -0.342. The molecule has 0 bridgehead atoms. The Hall–Kier alpha value is -1.79. The van der Waals surface area contributed by atoms with Crippen molar-refractivity contribution in [3.05, 3.63) is 0 Å². The fourth-order valence-electron chi connectivity index (χ4n) is 1.98. The van der Waals surface area contributed by atoms with Gasteiger partial charge >= 0.3 is 18.0 Å². The predicted octanol–water partition coefficient (Wildman–Crippen LogP) is 1.01. The van der Waals surface area contributed by atoms with Crippen molar-refractivity contribution in [1.82, 2.24) is 5.32 Å². The lowest BCUT2D eigenvalue weighted by molar-refractivity contribution is -0.145. The topological polar surface area (TPSA) is 90.9 Å². The minimum absolute atomic E-state index is 0.0431. The van der Waals surface area contributed by atoms with E-state index in [2.05, 4.69) is 10.1 Å². The molecule has 1 N–H and O–H groups in total. The smallest absolute Gasteiger partial charge is 0.408 e. The highest BCUT2D eigenvalue weighted by Crippen LogP contribution is 2.47. The first-order chi connectivity index (χ1) is 9.14. The third-order valence-electron chi connectivity index (χ3n) is 3.02. The van der Waals surface area contributed by atoms with Gasteiger partial charge < -0.3 is 19.5 Å². The minimum Gasteiger partial charge on any atom is -0.469 e. The molecule has 1 aliphatic rings. The van der Waals surface area contributed by atoms with Crippen molar-refractivity contribution in [2.24, 2.45) is 5.92 Å². The van der Waals surface area contributed by atoms with E-state index in [4.69, 9.17) is 9.47 Å². The maximum Gasteiger partial charge on any atom is 0.408 e. The first-order valence-corrected chi connectivity index (χ1v) is 6.31. The average molecular weight is 287 g/mol. The molecular weight excluding hydrogens is 266 g/mol. The molecule has 0 saturated heterocycles. The van der Waals surface area contributed by atoms with Crippen molar-refractivity contribution < 1.29 is 28.6 Å². The van der Waals surface area contributed by atoms with E-state index < -0.39 is 29.2 Å². The lowest BCUT2D eigenvalue weighted by Gasteiger charge is -2.23. The summed E-state index contributed by atoms with van der Waals surface area (Å²) >= 11 is 0. The molecule has 2 atom stereocenters. The molecule has 1 rings (SSSR count). The Morgan fingerprint density at radius 1 is 1.20 bits per heavy atom. The van der Waals surface area contributed by atoms with E-state index in [0.717, 1.165) is 0 Å². The second-order valence-electron chi connectivity index (χ2n) is 5.77. The van der Waals surface area contributed by atoms with Crippen LogP contribution in [0.25, 0.3) is 0 Å². The summed E-state index contributed by atoms with van der Waals surface area (Å²) in [6.45, 7) is 5.16. The van der Waals surface area contributed by atoms with Crippen molar-refractivity contribution in [3.8, 4) is 0 Å². The fraction of sp³-hybridized carbons (Fsp3) is 0.769. The molecule has 0 aromatic rings. The molecule has 1 amide bonds. The summed E-state index contributed by atoms with van der Waals surface area (Å²) in [4.78, 5) is 34.9. The Kier molecular flexibility index (Phi) is 4.62. The minimum atomic E-state index is -1.19. The van der Waals surface area contributed by atoms with Gasteiger partial charge in [0.2, 0.25) is 0 Å². The summed E-state index contributed by atoms with van der Waals surface area (Å²) < 4.78 is 14.4. The van der Waals surface area contributed by atoms with Gasteiger partial charge in [-0.15, -0.1) is 0 Å². The van der Waals surface area contributed by atoms with Crippen molar-refractivity contribution in [2.45, 2.75) is 44.8 Å². The number of nitrogens with one attached hydrogen (secondary N) is 1. The van der Waals surface area contributed by atoms with Gasteiger partial charge in [0.1, 0.15) is 11.1 Å². The van der Waals surface area contributed by atoms with Crippen LogP contribution in [0.15, 0.2) is 0 Å². The van der Waals surface area contributed by atoms with Gasteiger partial charge in [-0.25, -0.2) is 9.59 Å². The Morgan fingerprint density at radius 3 is 2.25 bits per heavy atom. The Balaban J connectivity index is 2.71. The van der Waals surface area contributed by atoms with Crippen LogP contribution in [0, 0.1) is 5.92 Å². The fourth-order valence-corrected chi connectivity index (χ4v) is 1.98. The number of amides is 1. The van der Waals surface area contributed by atoms with Crippen LogP contribution in [-0.2, 0) is 23.8 Å². The first kappa shape index (κ1) is 16.3. The molecule has 2 unspecified atom stereocenters. The molecule has 0 aliphatic heterocycles. The molecule has 0 radical (unpaired) electrons. The van der Waals surface area contributed by atoms with E-state index in [0.29, 0.717) is 6.42 Å². The highest BCUT2D eigenvalue weighted by atomic mass is 16.6. The summed E-state index contributed by atoms with van der Waals surface area (Å²) in [5, 5.41) is 2.51. The van der Waals surface area contributed by atoms with E-state index >= 15 is 0 Å². The third-order valence-corrected chi connectivity index (χ3v) is 3.02. The van der Waals surface area contributed by atoms with Crippen LogP contribution < -0.4 is 5.32 Å². The molecule has 114 valence electrons. The van der Waals surface area contributed by atoms with E-state index in [1.54, 1.807) is 20.8 Å². The average Bonchev–Trinajstić information content (AvgIpc) is 2.99. The van der Waals surface area contributed by atoms with Crippen LogP contribution in [-0.4, -0.2) is 43.4 Å². The number of carbonyl (C=O) groups excluding carboxylic acids is 3. The van der Waals surface area contributed by atoms with E-state index in [9.17, 15) is 14.4 Å². The van der Waals surface area contributed by atoms with Gasteiger partial charge in [-0.2, -0.15) is 0 Å². The van der Waals surface area contributed by atoms with Crippen LogP contribution in [0.3, 0.4) is 0 Å². The lowest BCUT2D eigenvalue weighted by Crippen LogP contribution is -2.47. The molecule has 1 aliphatic carbocycles. The third kappa shape index (κ3) is 3.85. The number of ether oxygens (including phenoxy) is 3. The molecule has 0 heterocycles. The second-order valence-corrected chi connectivity index (χ2v) is 5.77. The van der Waals surface area contributed by atoms with Crippen molar-refractivity contribution in [1.29, 1.82) is 0 Å². The number of hydrogen-bond donors (Lipinski definition) is 1. The number of carbonyl (C=O) groups is 3. The number of rotatable bonds is 4. The number of alkyl carbamates (subject to hydrolysis) is 1. The van der Waals surface area contributed by atoms with E-state index in [1.165, 1.54) is 14.2 Å². The summed E-state index contributed by atoms with van der Waals surface area (Å²) in [7, 11) is 2.50. The monoisotopic (exact) mass is 287 g/mol. The molecule has 20 heavy (non-hydrogen) atoms. The van der Waals surface area contributed by atoms with Crippen LogP contribution in [0.4, 0.5) is 4.79 Å². The molecule has 1 saturated carbocycles. The van der Waals surface area contributed by atoms with Gasteiger partial charge in [0.05, 0.1) is 20.6 Å². The molecular formula is C13H21NO6. The highest BCUT2D eigenvalue weighted by Gasteiger charge is 2.63. The molecule has 0 aromatic heterocycles. The predicted molar refractivity (Wildman–Crippen MR) is 68.9 cm³/mol. The summed E-state index contributed by atoms with van der Waals surface area (Å²) in [6, 6.07) is 0.